The van der Waals surface area contributed by atoms with E-state index in [1.54, 1.807) is 13.1 Å². The summed E-state index contributed by atoms with van der Waals surface area (Å²) in [5.41, 5.74) is 3.08. The molecular formula is C17H17N3O2S. The molecule has 0 aliphatic rings. The number of hydrogen-bond donors (Lipinski definition) is 1. The van der Waals surface area contributed by atoms with Crippen LogP contribution in [-0.2, 0) is 7.05 Å². The van der Waals surface area contributed by atoms with Gasteiger partial charge in [0, 0.05) is 24.0 Å². The monoisotopic (exact) mass is 327 g/mol. The second-order valence-electron chi connectivity index (χ2n) is 5.48. The number of ketones is 1. The first-order valence-corrected chi connectivity index (χ1v) is 8.24. The maximum absolute atomic E-state index is 12.4. The lowest BCUT2D eigenvalue weighted by Gasteiger charge is -2.08. The third-order valence-corrected chi connectivity index (χ3v) is 4.75. The van der Waals surface area contributed by atoms with Crippen LogP contribution in [0.3, 0.4) is 0 Å². The number of rotatable bonds is 4. The molecule has 118 valence electrons. The molecule has 0 saturated heterocycles. The number of nitrogens with one attached hydrogen (secondary N) is 1. The predicted molar refractivity (Wildman–Crippen MR) is 92.3 cm³/mol. The summed E-state index contributed by atoms with van der Waals surface area (Å²) in [6.45, 7) is 3.81. The van der Waals surface area contributed by atoms with Crippen LogP contribution < -0.4 is 5.56 Å². The number of H-pyrrole nitrogens is 1. The molecule has 0 aliphatic heterocycles. The smallest absolute Gasteiger partial charge is 0.261 e. The lowest BCUT2D eigenvalue weighted by atomic mass is 10.2. The maximum Gasteiger partial charge on any atom is 0.261 e. The Labute approximate surface area is 137 Å². The molecule has 2 aromatic heterocycles. The third kappa shape index (κ3) is 2.94. The highest BCUT2D eigenvalue weighted by Gasteiger charge is 2.14. The number of fused-ring (bicyclic) bond motifs is 1. The van der Waals surface area contributed by atoms with E-state index in [-0.39, 0.29) is 17.1 Å². The standard InChI is InChI=1S/C17H17N3O2S/c1-10-8-13(11(2)18-10)15(21)9-23-17-19-14-7-5-4-6-12(14)16(22)20(17)3/h4-8,18H,9H2,1-3H3. The molecule has 6 heteroatoms. The molecular weight excluding hydrogens is 310 g/mol. The lowest BCUT2D eigenvalue weighted by molar-refractivity contribution is 0.102. The van der Waals surface area contributed by atoms with E-state index < -0.39 is 0 Å². The highest BCUT2D eigenvalue weighted by atomic mass is 32.2. The Morgan fingerprint density at radius 2 is 2.04 bits per heavy atom. The number of aryl methyl sites for hydroxylation is 2. The Hall–Kier alpha value is -2.34. The van der Waals surface area contributed by atoms with Crippen LogP contribution in [0.15, 0.2) is 40.3 Å². The van der Waals surface area contributed by atoms with E-state index in [4.69, 9.17) is 0 Å². The van der Waals surface area contributed by atoms with Crippen molar-refractivity contribution in [2.24, 2.45) is 7.05 Å². The van der Waals surface area contributed by atoms with E-state index >= 15 is 0 Å². The molecule has 0 spiro atoms. The van der Waals surface area contributed by atoms with Gasteiger partial charge in [-0.1, -0.05) is 23.9 Å². The number of aromatic amines is 1. The molecule has 23 heavy (non-hydrogen) atoms. The number of Topliss-reactive ketones (excluding diaryl/α,β-unsaturated/α-hetero) is 1. The molecule has 3 rings (SSSR count). The Balaban J connectivity index is 1.87. The van der Waals surface area contributed by atoms with E-state index in [0.717, 1.165) is 11.4 Å². The van der Waals surface area contributed by atoms with Crippen molar-refractivity contribution in [3.8, 4) is 0 Å². The van der Waals surface area contributed by atoms with Crippen LogP contribution in [0.5, 0.6) is 0 Å². The van der Waals surface area contributed by atoms with Gasteiger partial charge in [0.15, 0.2) is 10.9 Å². The van der Waals surface area contributed by atoms with E-state index in [0.29, 0.717) is 21.6 Å². The minimum atomic E-state index is -0.0979. The fraction of sp³-hybridized carbons (Fsp3) is 0.235. The van der Waals surface area contributed by atoms with Crippen molar-refractivity contribution < 1.29 is 4.79 Å². The van der Waals surface area contributed by atoms with Gasteiger partial charge in [0.2, 0.25) is 0 Å². The van der Waals surface area contributed by atoms with Gasteiger partial charge in [0.25, 0.3) is 5.56 Å². The summed E-state index contributed by atoms with van der Waals surface area (Å²) in [6, 6.07) is 9.09. The van der Waals surface area contributed by atoms with Gasteiger partial charge < -0.3 is 4.98 Å². The highest BCUT2D eigenvalue weighted by Crippen LogP contribution is 2.19. The van der Waals surface area contributed by atoms with Gasteiger partial charge in [-0.15, -0.1) is 0 Å². The Bertz CT molecular complexity index is 956. The van der Waals surface area contributed by atoms with Crippen molar-refractivity contribution >= 4 is 28.4 Å². The van der Waals surface area contributed by atoms with Gasteiger partial charge in [-0.05, 0) is 32.0 Å². The number of thioether (sulfide) groups is 1. The minimum absolute atomic E-state index is 0.0271. The van der Waals surface area contributed by atoms with Crippen molar-refractivity contribution in [1.82, 2.24) is 14.5 Å². The largest absolute Gasteiger partial charge is 0.362 e. The Morgan fingerprint density at radius 1 is 1.30 bits per heavy atom. The van der Waals surface area contributed by atoms with Crippen LogP contribution in [0, 0.1) is 13.8 Å². The third-order valence-electron chi connectivity index (χ3n) is 3.72. The predicted octanol–water partition coefficient (Wildman–Crippen LogP) is 2.85. The number of carbonyl (C=O) groups excluding carboxylic acids is 1. The Kier molecular flexibility index (Phi) is 4.09. The summed E-state index contributed by atoms with van der Waals surface area (Å²) in [5.74, 6) is 0.274. The van der Waals surface area contributed by atoms with Crippen molar-refractivity contribution in [2.75, 3.05) is 5.75 Å². The number of para-hydroxylation sites is 1. The molecule has 0 fully saturated rings. The van der Waals surface area contributed by atoms with Gasteiger partial charge in [0.1, 0.15) is 0 Å². The highest BCUT2D eigenvalue weighted by molar-refractivity contribution is 7.99. The van der Waals surface area contributed by atoms with Gasteiger partial charge in [-0.3, -0.25) is 14.2 Å². The first-order chi connectivity index (χ1) is 11.0. The van der Waals surface area contributed by atoms with Gasteiger partial charge in [-0.25, -0.2) is 4.98 Å². The second-order valence-corrected chi connectivity index (χ2v) is 6.42. The fourth-order valence-corrected chi connectivity index (χ4v) is 3.40. The zero-order chi connectivity index (χ0) is 16.6. The zero-order valence-corrected chi connectivity index (χ0v) is 14.0. The van der Waals surface area contributed by atoms with Crippen molar-refractivity contribution in [1.29, 1.82) is 0 Å². The topological polar surface area (TPSA) is 67.8 Å². The SMILES string of the molecule is Cc1cc(C(=O)CSc2nc3ccccc3c(=O)n2C)c(C)[nH]1. The van der Waals surface area contributed by atoms with E-state index in [1.807, 2.05) is 38.1 Å². The van der Waals surface area contributed by atoms with Crippen molar-refractivity contribution in [2.45, 2.75) is 19.0 Å². The molecule has 1 N–H and O–H groups in total. The number of carbonyl (C=O) groups is 1. The quantitative estimate of drug-likeness (QED) is 0.454. The molecule has 3 aromatic rings. The molecule has 0 unspecified atom stereocenters. The maximum atomic E-state index is 12.4. The summed E-state index contributed by atoms with van der Waals surface area (Å²) in [5, 5.41) is 1.13. The average molecular weight is 327 g/mol. The van der Waals surface area contributed by atoms with Gasteiger partial charge >= 0.3 is 0 Å². The van der Waals surface area contributed by atoms with Crippen LogP contribution in [0.2, 0.25) is 0 Å². The number of benzene rings is 1. The molecule has 5 nitrogen and oxygen atoms in total. The molecule has 0 saturated carbocycles. The fourth-order valence-electron chi connectivity index (χ4n) is 2.55. The first kappa shape index (κ1) is 15.6. The molecule has 1 aromatic carbocycles. The van der Waals surface area contributed by atoms with Crippen LogP contribution in [0.4, 0.5) is 0 Å². The second kappa shape index (κ2) is 6.04. The van der Waals surface area contributed by atoms with Gasteiger partial charge in [0.05, 0.1) is 16.7 Å². The summed E-state index contributed by atoms with van der Waals surface area (Å²) >= 11 is 1.29. The molecule has 0 aliphatic carbocycles. The van der Waals surface area contributed by atoms with E-state index in [1.165, 1.54) is 16.3 Å². The summed E-state index contributed by atoms with van der Waals surface area (Å²) in [4.78, 5) is 32.3. The van der Waals surface area contributed by atoms with E-state index in [9.17, 15) is 9.59 Å². The zero-order valence-electron chi connectivity index (χ0n) is 13.2. The molecule has 0 amide bonds. The van der Waals surface area contributed by atoms with Crippen LogP contribution in [0.1, 0.15) is 21.7 Å². The summed E-state index contributed by atoms with van der Waals surface area (Å²) in [7, 11) is 1.68. The average Bonchev–Trinajstić information content (AvgIpc) is 2.88. The Morgan fingerprint density at radius 3 is 2.74 bits per heavy atom. The molecule has 2 heterocycles. The number of nitrogens with zero attached hydrogens (tertiary/aromatic N) is 2. The first-order valence-electron chi connectivity index (χ1n) is 7.25. The summed E-state index contributed by atoms with van der Waals surface area (Å²) in [6.07, 6.45) is 0. The summed E-state index contributed by atoms with van der Waals surface area (Å²) < 4.78 is 1.50. The van der Waals surface area contributed by atoms with Crippen LogP contribution >= 0.6 is 11.8 Å². The van der Waals surface area contributed by atoms with Crippen LogP contribution in [-0.4, -0.2) is 26.1 Å². The van der Waals surface area contributed by atoms with Crippen molar-refractivity contribution in [3.05, 3.63) is 57.6 Å². The molecule has 0 atom stereocenters. The lowest BCUT2D eigenvalue weighted by Crippen LogP contribution is -2.20. The van der Waals surface area contributed by atoms with Gasteiger partial charge in [-0.2, -0.15) is 0 Å². The normalized spacial score (nSPS) is 11.1. The number of hydrogen-bond acceptors (Lipinski definition) is 4. The van der Waals surface area contributed by atoms with Crippen molar-refractivity contribution in [3.63, 3.8) is 0 Å². The molecule has 0 bridgehead atoms. The number of aromatic nitrogens is 3. The molecule has 0 radical (unpaired) electrons. The van der Waals surface area contributed by atoms with E-state index in [2.05, 4.69) is 9.97 Å². The van der Waals surface area contributed by atoms with Crippen LogP contribution in [0.25, 0.3) is 10.9 Å². The minimum Gasteiger partial charge on any atom is -0.362 e.